The predicted octanol–water partition coefficient (Wildman–Crippen LogP) is 3.27. The first-order valence-electron chi connectivity index (χ1n) is 7.66. The molecule has 4 heteroatoms. The van der Waals surface area contributed by atoms with Crippen molar-refractivity contribution < 1.29 is 0 Å². The summed E-state index contributed by atoms with van der Waals surface area (Å²) in [4.78, 5) is 10.8. The molecule has 1 aliphatic rings. The summed E-state index contributed by atoms with van der Waals surface area (Å²) in [6.45, 7) is 4.72. The van der Waals surface area contributed by atoms with E-state index < -0.39 is 0 Å². The van der Waals surface area contributed by atoms with E-state index in [9.17, 15) is 0 Å². The zero-order valence-electron chi connectivity index (χ0n) is 12.5. The summed E-state index contributed by atoms with van der Waals surface area (Å²) in [5, 5.41) is 0. The third-order valence-electron chi connectivity index (χ3n) is 4.32. The molecule has 3 rings (SSSR count). The Balaban J connectivity index is 1.77. The number of nitrogen functional groups attached to an aromatic ring is 1. The van der Waals surface area contributed by atoms with Crippen LogP contribution in [0.2, 0.25) is 0 Å². The average Bonchev–Trinajstić information content (AvgIpc) is 2.55. The Bertz CT molecular complexity index is 588. The van der Waals surface area contributed by atoms with Gasteiger partial charge in [0.2, 0.25) is 0 Å². The SMILES string of the molecule is C[C@@H](c1ccc(-c2cc(N)ncn2)cc1)N1CCCCC1. The Morgan fingerprint density at radius 2 is 1.76 bits per heavy atom. The van der Waals surface area contributed by atoms with Crippen molar-refractivity contribution in [1.82, 2.24) is 14.9 Å². The maximum atomic E-state index is 5.71. The van der Waals surface area contributed by atoms with Crippen molar-refractivity contribution in [2.24, 2.45) is 0 Å². The summed E-state index contributed by atoms with van der Waals surface area (Å²) in [6, 6.07) is 10.9. The first-order valence-corrected chi connectivity index (χ1v) is 7.66. The number of aromatic nitrogens is 2. The second-order valence-electron chi connectivity index (χ2n) is 5.72. The Kier molecular flexibility index (Phi) is 4.15. The number of likely N-dealkylation sites (tertiary alicyclic amines) is 1. The third-order valence-corrected chi connectivity index (χ3v) is 4.32. The van der Waals surface area contributed by atoms with E-state index in [-0.39, 0.29) is 0 Å². The highest BCUT2D eigenvalue weighted by atomic mass is 15.2. The van der Waals surface area contributed by atoms with Crippen molar-refractivity contribution in [3.63, 3.8) is 0 Å². The molecule has 0 aliphatic carbocycles. The van der Waals surface area contributed by atoms with Crippen LogP contribution in [0.1, 0.15) is 37.8 Å². The van der Waals surface area contributed by atoms with Crippen LogP contribution >= 0.6 is 0 Å². The molecule has 4 nitrogen and oxygen atoms in total. The van der Waals surface area contributed by atoms with Gasteiger partial charge in [0.1, 0.15) is 12.1 Å². The van der Waals surface area contributed by atoms with Crippen LogP contribution in [0.25, 0.3) is 11.3 Å². The fraction of sp³-hybridized carbons (Fsp3) is 0.412. The van der Waals surface area contributed by atoms with Crippen molar-refractivity contribution in [3.8, 4) is 11.3 Å². The minimum Gasteiger partial charge on any atom is -0.384 e. The zero-order valence-corrected chi connectivity index (χ0v) is 12.5. The molecule has 2 heterocycles. The molecule has 0 radical (unpaired) electrons. The third kappa shape index (κ3) is 3.22. The van der Waals surface area contributed by atoms with Crippen LogP contribution in [0.4, 0.5) is 5.82 Å². The summed E-state index contributed by atoms with van der Waals surface area (Å²) < 4.78 is 0. The molecule has 1 atom stereocenters. The summed E-state index contributed by atoms with van der Waals surface area (Å²) in [5.41, 5.74) is 9.03. The molecule has 1 saturated heterocycles. The second kappa shape index (κ2) is 6.22. The molecule has 0 unspecified atom stereocenters. The topological polar surface area (TPSA) is 55.0 Å². The number of hydrogen-bond acceptors (Lipinski definition) is 4. The van der Waals surface area contributed by atoms with Crippen molar-refractivity contribution >= 4 is 5.82 Å². The average molecular weight is 282 g/mol. The van der Waals surface area contributed by atoms with E-state index in [1.807, 2.05) is 6.07 Å². The van der Waals surface area contributed by atoms with Crippen LogP contribution < -0.4 is 5.73 Å². The zero-order chi connectivity index (χ0) is 14.7. The number of nitrogens with two attached hydrogens (primary N) is 1. The van der Waals surface area contributed by atoms with Crippen molar-refractivity contribution in [3.05, 3.63) is 42.2 Å². The van der Waals surface area contributed by atoms with Gasteiger partial charge < -0.3 is 5.73 Å². The van der Waals surface area contributed by atoms with Crippen LogP contribution in [-0.4, -0.2) is 28.0 Å². The summed E-state index contributed by atoms with van der Waals surface area (Å²) in [5.74, 6) is 0.505. The molecular weight excluding hydrogens is 260 g/mol. The first-order chi connectivity index (χ1) is 10.2. The molecule has 2 aromatic rings. The summed E-state index contributed by atoms with van der Waals surface area (Å²) in [6.07, 6.45) is 5.53. The monoisotopic (exact) mass is 282 g/mol. The van der Waals surface area contributed by atoms with Gasteiger partial charge in [-0.3, -0.25) is 4.90 Å². The molecule has 1 aromatic carbocycles. The lowest BCUT2D eigenvalue weighted by atomic mass is 10.0. The Hall–Kier alpha value is -1.94. The summed E-state index contributed by atoms with van der Waals surface area (Å²) in [7, 11) is 0. The highest BCUT2D eigenvalue weighted by Crippen LogP contribution is 2.26. The molecule has 110 valence electrons. The van der Waals surface area contributed by atoms with E-state index in [0.29, 0.717) is 11.9 Å². The molecule has 1 aliphatic heterocycles. The molecule has 0 saturated carbocycles. The van der Waals surface area contributed by atoms with Crippen molar-refractivity contribution in [1.29, 1.82) is 0 Å². The van der Waals surface area contributed by atoms with E-state index in [1.54, 1.807) is 0 Å². The van der Waals surface area contributed by atoms with Crippen molar-refractivity contribution in [2.75, 3.05) is 18.8 Å². The van der Waals surface area contributed by atoms with Crippen LogP contribution in [0.5, 0.6) is 0 Å². The van der Waals surface area contributed by atoms with Crippen LogP contribution in [0, 0.1) is 0 Å². The van der Waals surface area contributed by atoms with Gasteiger partial charge in [0.05, 0.1) is 5.69 Å². The lowest BCUT2D eigenvalue weighted by Crippen LogP contribution is -2.32. The Morgan fingerprint density at radius 3 is 2.43 bits per heavy atom. The number of rotatable bonds is 3. The lowest BCUT2D eigenvalue weighted by Gasteiger charge is -2.32. The highest BCUT2D eigenvalue weighted by molar-refractivity contribution is 5.61. The predicted molar refractivity (Wildman–Crippen MR) is 85.7 cm³/mol. The number of piperidine rings is 1. The number of nitrogens with zero attached hydrogens (tertiary/aromatic N) is 3. The minimum absolute atomic E-state index is 0.481. The minimum atomic E-state index is 0.481. The molecule has 1 fully saturated rings. The van der Waals surface area contributed by atoms with Gasteiger partial charge >= 0.3 is 0 Å². The molecule has 21 heavy (non-hydrogen) atoms. The van der Waals surface area contributed by atoms with E-state index >= 15 is 0 Å². The molecule has 1 aromatic heterocycles. The smallest absolute Gasteiger partial charge is 0.127 e. The second-order valence-corrected chi connectivity index (χ2v) is 5.72. The Morgan fingerprint density at radius 1 is 1.05 bits per heavy atom. The first kappa shape index (κ1) is 14.0. The fourth-order valence-corrected chi connectivity index (χ4v) is 2.98. The van der Waals surface area contributed by atoms with Gasteiger partial charge in [-0.25, -0.2) is 9.97 Å². The number of benzene rings is 1. The molecular formula is C17H22N4. The van der Waals surface area contributed by atoms with Gasteiger partial charge in [0, 0.05) is 17.7 Å². The van der Waals surface area contributed by atoms with Crippen LogP contribution in [-0.2, 0) is 0 Å². The van der Waals surface area contributed by atoms with E-state index in [4.69, 9.17) is 5.73 Å². The lowest BCUT2D eigenvalue weighted by molar-refractivity contribution is 0.175. The van der Waals surface area contributed by atoms with Crippen molar-refractivity contribution in [2.45, 2.75) is 32.2 Å². The van der Waals surface area contributed by atoms with E-state index in [0.717, 1.165) is 11.3 Å². The van der Waals surface area contributed by atoms with Gasteiger partial charge in [-0.15, -0.1) is 0 Å². The van der Waals surface area contributed by atoms with Gasteiger partial charge in [-0.05, 0) is 38.4 Å². The van der Waals surface area contributed by atoms with Crippen LogP contribution in [0.3, 0.4) is 0 Å². The normalized spacial score (nSPS) is 17.6. The largest absolute Gasteiger partial charge is 0.384 e. The quantitative estimate of drug-likeness (QED) is 0.938. The maximum absolute atomic E-state index is 5.71. The molecule has 0 amide bonds. The van der Waals surface area contributed by atoms with E-state index in [1.165, 1.54) is 44.2 Å². The van der Waals surface area contributed by atoms with Gasteiger partial charge in [0.15, 0.2) is 0 Å². The standard InChI is InChI=1S/C17H22N4/c1-13(21-9-3-2-4-10-21)14-5-7-15(8-6-14)16-11-17(18)20-12-19-16/h5-8,11-13H,2-4,9-10H2,1H3,(H2,18,19,20)/t13-/m0/s1. The number of anilines is 1. The molecule has 0 bridgehead atoms. The van der Waals surface area contributed by atoms with Gasteiger partial charge in [-0.1, -0.05) is 30.7 Å². The maximum Gasteiger partial charge on any atom is 0.127 e. The van der Waals surface area contributed by atoms with E-state index in [2.05, 4.69) is 46.1 Å². The fourth-order valence-electron chi connectivity index (χ4n) is 2.98. The summed E-state index contributed by atoms with van der Waals surface area (Å²) >= 11 is 0. The highest BCUT2D eigenvalue weighted by Gasteiger charge is 2.17. The van der Waals surface area contributed by atoms with Gasteiger partial charge in [0.25, 0.3) is 0 Å². The Labute approximate surface area is 126 Å². The number of hydrogen-bond donors (Lipinski definition) is 1. The van der Waals surface area contributed by atoms with Crippen LogP contribution in [0.15, 0.2) is 36.7 Å². The molecule has 2 N–H and O–H groups in total. The molecule has 0 spiro atoms. The van der Waals surface area contributed by atoms with Gasteiger partial charge in [-0.2, -0.15) is 0 Å².